The first-order valence-corrected chi connectivity index (χ1v) is 9.67. The van der Waals surface area contributed by atoms with E-state index in [1.54, 1.807) is 0 Å². The van der Waals surface area contributed by atoms with Crippen LogP contribution in [0.4, 0.5) is 0 Å². The molecule has 0 radical (unpaired) electrons. The molecular formula is C10H15ClN2O5S2. The Morgan fingerprint density at radius 2 is 1.65 bits per heavy atom. The van der Waals surface area contributed by atoms with Gasteiger partial charge in [0.2, 0.25) is 15.1 Å². The lowest BCUT2D eigenvalue weighted by Crippen LogP contribution is -2.50. The van der Waals surface area contributed by atoms with Crippen molar-refractivity contribution in [3.63, 3.8) is 0 Å². The van der Waals surface area contributed by atoms with Gasteiger partial charge in [0.15, 0.2) is 0 Å². The molecule has 10 heteroatoms. The standard InChI is InChI=1S/C10H15ClN2O5S2/c1-19(14,15)12-4-6-13(7-5-12)20(16,17)10-3-2-9(8-11)18-10/h2-3H,4-8H2,1H3. The van der Waals surface area contributed by atoms with E-state index in [2.05, 4.69) is 0 Å². The number of sulfonamides is 2. The second kappa shape index (κ2) is 5.64. The number of hydrogen-bond acceptors (Lipinski definition) is 5. The van der Waals surface area contributed by atoms with Crippen molar-refractivity contribution in [1.29, 1.82) is 0 Å². The van der Waals surface area contributed by atoms with E-state index in [0.29, 0.717) is 5.76 Å². The molecule has 0 aliphatic carbocycles. The number of alkyl halides is 1. The van der Waals surface area contributed by atoms with Gasteiger partial charge in [-0.25, -0.2) is 16.8 Å². The molecule has 0 bridgehead atoms. The molecule has 7 nitrogen and oxygen atoms in total. The third kappa shape index (κ3) is 3.17. The summed E-state index contributed by atoms with van der Waals surface area (Å²) in [5.74, 6) is 0.470. The minimum atomic E-state index is -3.73. The second-order valence-corrected chi connectivity index (χ2v) is 8.54. The Morgan fingerprint density at radius 3 is 2.10 bits per heavy atom. The Kier molecular flexibility index (Phi) is 4.45. The van der Waals surface area contributed by atoms with Gasteiger partial charge >= 0.3 is 0 Å². The number of rotatable bonds is 4. The maximum atomic E-state index is 12.3. The molecule has 2 rings (SSSR count). The smallest absolute Gasteiger partial charge is 0.276 e. The number of halogens is 1. The van der Waals surface area contributed by atoms with Gasteiger partial charge in [0.1, 0.15) is 5.76 Å². The third-order valence-corrected chi connectivity index (χ3v) is 6.37. The Balaban J connectivity index is 2.13. The molecule has 0 spiro atoms. The van der Waals surface area contributed by atoms with Crippen molar-refractivity contribution in [3.8, 4) is 0 Å². The molecule has 0 aromatic carbocycles. The normalized spacial score (nSPS) is 19.3. The Morgan fingerprint density at radius 1 is 1.10 bits per heavy atom. The molecule has 20 heavy (non-hydrogen) atoms. The monoisotopic (exact) mass is 342 g/mol. The van der Waals surface area contributed by atoms with Crippen LogP contribution < -0.4 is 0 Å². The van der Waals surface area contributed by atoms with E-state index in [1.807, 2.05) is 0 Å². The van der Waals surface area contributed by atoms with E-state index in [4.69, 9.17) is 16.0 Å². The van der Waals surface area contributed by atoms with Crippen molar-refractivity contribution >= 4 is 31.6 Å². The number of piperazine rings is 1. The molecule has 1 fully saturated rings. The van der Waals surface area contributed by atoms with Crippen molar-refractivity contribution in [2.75, 3.05) is 32.4 Å². The highest BCUT2D eigenvalue weighted by Gasteiger charge is 2.33. The molecule has 1 saturated heterocycles. The fourth-order valence-corrected chi connectivity index (χ4v) is 4.26. The highest BCUT2D eigenvalue weighted by molar-refractivity contribution is 7.89. The summed E-state index contributed by atoms with van der Waals surface area (Å²) < 4.78 is 55.0. The summed E-state index contributed by atoms with van der Waals surface area (Å²) in [6, 6.07) is 2.86. The largest absolute Gasteiger partial charge is 0.447 e. The van der Waals surface area contributed by atoms with Gasteiger partial charge in [0, 0.05) is 26.2 Å². The molecule has 0 atom stereocenters. The average molecular weight is 343 g/mol. The summed E-state index contributed by atoms with van der Waals surface area (Å²) >= 11 is 5.57. The van der Waals surface area contributed by atoms with E-state index in [9.17, 15) is 16.8 Å². The Labute approximate surface area is 123 Å². The molecule has 0 saturated carbocycles. The summed E-state index contributed by atoms with van der Waals surface area (Å²) in [5.41, 5.74) is 0. The van der Waals surface area contributed by atoms with Crippen LogP contribution in [0.2, 0.25) is 0 Å². The van der Waals surface area contributed by atoms with Gasteiger partial charge in [0.05, 0.1) is 12.1 Å². The molecular weight excluding hydrogens is 328 g/mol. The van der Waals surface area contributed by atoms with Crippen molar-refractivity contribution in [1.82, 2.24) is 8.61 Å². The van der Waals surface area contributed by atoms with Gasteiger partial charge in [-0.2, -0.15) is 8.61 Å². The Bertz CT molecular complexity index is 674. The van der Waals surface area contributed by atoms with Crippen LogP contribution >= 0.6 is 11.6 Å². The minimum Gasteiger partial charge on any atom is -0.447 e. The zero-order valence-corrected chi connectivity index (χ0v) is 13.2. The van der Waals surface area contributed by atoms with Crippen molar-refractivity contribution in [3.05, 3.63) is 17.9 Å². The first-order chi connectivity index (χ1) is 9.25. The molecule has 1 aliphatic rings. The van der Waals surface area contributed by atoms with Crippen molar-refractivity contribution in [2.24, 2.45) is 0 Å². The van der Waals surface area contributed by atoms with Crippen LogP contribution in [0, 0.1) is 0 Å². The van der Waals surface area contributed by atoms with E-state index in [1.165, 1.54) is 20.7 Å². The summed E-state index contributed by atoms with van der Waals surface area (Å²) in [6.07, 6.45) is 1.11. The van der Waals surface area contributed by atoms with Crippen molar-refractivity contribution in [2.45, 2.75) is 11.0 Å². The lowest BCUT2D eigenvalue weighted by molar-refractivity contribution is 0.268. The maximum Gasteiger partial charge on any atom is 0.276 e. The van der Waals surface area contributed by atoms with Crippen molar-refractivity contribution < 1.29 is 21.3 Å². The number of furan rings is 1. The fourth-order valence-electron chi connectivity index (χ4n) is 1.94. The van der Waals surface area contributed by atoms with Crippen LogP contribution in [0.25, 0.3) is 0 Å². The minimum absolute atomic E-state index is 0.0946. The predicted octanol–water partition coefficient (Wildman–Crippen LogP) is 0.284. The second-order valence-electron chi connectivity index (χ2n) is 4.42. The van der Waals surface area contributed by atoms with Crippen LogP contribution in [0.15, 0.2) is 21.6 Å². The average Bonchev–Trinajstić information content (AvgIpc) is 2.87. The fraction of sp³-hybridized carbons (Fsp3) is 0.600. The molecule has 1 aliphatic heterocycles. The van der Waals surface area contributed by atoms with Gasteiger partial charge in [-0.15, -0.1) is 11.6 Å². The quantitative estimate of drug-likeness (QED) is 0.734. The SMILES string of the molecule is CS(=O)(=O)N1CCN(S(=O)(=O)c2ccc(CCl)o2)CC1. The van der Waals surface area contributed by atoms with Gasteiger partial charge in [-0.3, -0.25) is 0 Å². The molecule has 2 heterocycles. The molecule has 1 aromatic heterocycles. The first-order valence-electron chi connectivity index (χ1n) is 5.85. The number of hydrogen-bond donors (Lipinski definition) is 0. The lowest BCUT2D eigenvalue weighted by atomic mass is 10.4. The third-order valence-electron chi connectivity index (χ3n) is 3.03. The Hall–Kier alpha value is -0.610. The van der Waals surface area contributed by atoms with E-state index >= 15 is 0 Å². The highest BCUT2D eigenvalue weighted by atomic mass is 35.5. The van der Waals surface area contributed by atoms with Crippen LogP contribution in [-0.2, 0) is 25.9 Å². The van der Waals surface area contributed by atoms with E-state index in [0.717, 1.165) is 6.26 Å². The first kappa shape index (κ1) is 15.8. The summed E-state index contributed by atoms with van der Waals surface area (Å²) in [7, 11) is -7.02. The van der Waals surface area contributed by atoms with Crippen LogP contribution in [-0.4, -0.2) is 57.9 Å². The summed E-state index contributed by atoms with van der Waals surface area (Å²) in [6.45, 7) is 0.487. The molecule has 0 amide bonds. The lowest BCUT2D eigenvalue weighted by Gasteiger charge is -2.31. The van der Waals surface area contributed by atoms with E-state index in [-0.39, 0.29) is 37.2 Å². The number of nitrogens with zero attached hydrogens (tertiary/aromatic N) is 2. The van der Waals surface area contributed by atoms with Crippen LogP contribution in [0.1, 0.15) is 5.76 Å². The molecule has 114 valence electrons. The van der Waals surface area contributed by atoms with Gasteiger partial charge in [-0.1, -0.05) is 0 Å². The van der Waals surface area contributed by atoms with Gasteiger partial charge in [-0.05, 0) is 12.1 Å². The zero-order chi connectivity index (χ0) is 15.0. The van der Waals surface area contributed by atoms with E-state index < -0.39 is 20.0 Å². The predicted molar refractivity (Wildman–Crippen MR) is 73.4 cm³/mol. The van der Waals surface area contributed by atoms with Gasteiger partial charge < -0.3 is 4.42 Å². The topological polar surface area (TPSA) is 87.9 Å². The van der Waals surface area contributed by atoms with Crippen LogP contribution in [0.5, 0.6) is 0 Å². The molecule has 0 unspecified atom stereocenters. The van der Waals surface area contributed by atoms with Gasteiger partial charge in [0.25, 0.3) is 10.0 Å². The zero-order valence-electron chi connectivity index (χ0n) is 10.8. The molecule has 0 N–H and O–H groups in total. The summed E-state index contributed by atoms with van der Waals surface area (Å²) in [4.78, 5) is 0. The maximum absolute atomic E-state index is 12.3. The highest BCUT2D eigenvalue weighted by Crippen LogP contribution is 2.21. The molecule has 1 aromatic rings. The summed E-state index contributed by atoms with van der Waals surface area (Å²) in [5, 5.41) is -0.166. The van der Waals surface area contributed by atoms with Crippen LogP contribution in [0.3, 0.4) is 0 Å².